The highest BCUT2D eigenvalue weighted by Crippen LogP contribution is 2.40. The fraction of sp³-hybridized carbons (Fsp3) is 0.429. The van der Waals surface area contributed by atoms with Gasteiger partial charge < -0.3 is 9.80 Å². The molecule has 23 heavy (non-hydrogen) atoms. The molecule has 122 valence electrons. The van der Waals surface area contributed by atoms with Crippen LogP contribution in [0.4, 0.5) is 11.4 Å². The Bertz CT molecular complexity index is 675. The van der Waals surface area contributed by atoms with Crippen LogP contribution < -0.4 is 9.80 Å². The maximum absolute atomic E-state index is 2.62. The van der Waals surface area contributed by atoms with Crippen LogP contribution in [-0.2, 0) is 6.42 Å². The van der Waals surface area contributed by atoms with Gasteiger partial charge >= 0.3 is 0 Å². The van der Waals surface area contributed by atoms with Gasteiger partial charge in [0.25, 0.3) is 0 Å². The molecule has 0 N–H and O–H groups in total. The number of anilines is 2. The number of hydrogen-bond acceptors (Lipinski definition) is 2. The first-order valence-electron chi connectivity index (χ1n) is 8.65. The van der Waals surface area contributed by atoms with E-state index in [0.717, 1.165) is 13.0 Å². The van der Waals surface area contributed by atoms with E-state index in [9.17, 15) is 0 Å². The fourth-order valence-corrected chi connectivity index (χ4v) is 4.04. The highest BCUT2D eigenvalue weighted by atomic mass is 15.5. The van der Waals surface area contributed by atoms with Crippen molar-refractivity contribution in [3.05, 3.63) is 59.7 Å². The molecule has 0 saturated carbocycles. The molecular formula is C21H28N2. The standard InChI is InChI=1S/C21H28N2/c1-6-18-12-10-11-16(2)20(18)23-17(3)22(15-21(23,4)5)19-13-8-7-9-14-19/h7-14,17H,6,15H2,1-5H3/t17-/m0/s1. The Hall–Kier alpha value is -1.96. The third kappa shape index (κ3) is 2.71. The maximum Gasteiger partial charge on any atom is 0.0993 e. The Morgan fingerprint density at radius 3 is 2.39 bits per heavy atom. The Morgan fingerprint density at radius 2 is 1.74 bits per heavy atom. The van der Waals surface area contributed by atoms with E-state index in [1.165, 1.54) is 22.5 Å². The second-order valence-electron chi connectivity index (χ2n) is 7.21. The molecule has 0 amide bonds. The van der Waals surface area contributed by atoms with Gasteiger partial charge in [0.15, 0.2) is 0 Å². The number of para-hydroxylation sites is 2. The molecule has 1 heterocycles. The molecule has 0 unspecified atom stereocenters. The van der Waals surface area contributed by atoms with Crippen LogP contribution in [0.5, 0.6) is 0 Å². The van der Waals surface area contributed by atoms with Gasteiger partial charge in [0.1, 0.15) is 0 Å². The monoisotopic (exact) mass is 308 g/mol. The molecule has 0 aromatic heterocycles. The average Bonchev–Trinajstić information content (AvgIpc) is 2.78. The van der Waals surface area contributed by atoms with Crippen molar-refractivity contribution in [3.63, 3.8) is 0 Å². The first-order chi connectivity index (χ1) is 11.0. The van der Waals surface area contributed by atoms with E-state index in [-0.39, 0.29) is 5.54 Å². The van der Waals surface area contributed by atoms with E-state index < -0.39 is 0 Å². The van der Waals surface area contributed by atoms with E-state index in [1.54, 1.807) is 0 Å². The molecule has 0 spiro atoms. The molecule has 2 aromatic rings. The van der Waals surface area contributed by atoms with Gasteiger partial charge in [-0.05, 0) is 57.4 Å². The van der Waals surface area contributed by atoms with Crippen LogP contribution >= 0.6 is 0 Å². The van der Waals surface area contributed by atoms with Gasteiger partial charge in [-0.1, -0.05) is 43.3 Å². The van der Waals surface area contributed by atoms with Gasteiger partial charge in [-0.2, -0.15) is 0 Å². The SMILES string of the molecule is CCc1cccc(C)c1N1[C@@H](C)N(c2ccccc2)CC1(C)C. The lowest BCUT2D eigenvalue weighted by molar-refractivity contribution is 0.531. The Morgan fingerprint density at radius 1 is 1.04 bits per heavy atom. The molecule has 1 aliphatic heterocycles. The molecule has 0 bridgehead atoms. The van der Waals surface area contributed by atoms with Crippen molar-refractivity contribution in [2.45, 2.75) is 52.7 Å². The van der Waals surface area contributed by atoms with Crippen molar-refractivity contribution in [3.8, 4) is 0 Å². The Labute approximate surface area is 140 Å². The summed E-state index contributed by atoms with van der Waals surface area (Å²) in [7, 11) is 0. The Balaban J connectivity index is 2.06. The molecule has 0 radical (unpaired) electrons. The summed E-state index contributed by atoms with van der Waals surface area (Å²) >= 11 is 0. The molecule has 1 fully saturated rings. The van der Waals surface area contributed by atoms with Gasteiger partial charge in [-0.15, -0.1) is 0 Å². The molecule has 2 nitrogen and oxygen atoms in total. The quantitative estimate of drug-likeness (QED) is 0.786. The first kappa shape index (κ1) is 15.9. The third-order valence-electron chi connectivity index (χ3n) is 5.07. The van der Waals surface area contributed by atoms with Crippen molar-refractivity contribution in [1.82, 2.24) is 0 Å². The molecule has 0 aliphatic carbocycles. The van der Waals surface area contributed by atoms with Crippen LogP contribution in [0.3, 0.4) is 0 Å². The molecule has 1 aliphatic rings. The van der Waals surface area contributed by atoms with Gasteiger partial charge in [0, 0.05) is 17.9 Å². The summed E-state index contributed by atoms with van der Waals surface area (Å²) in [5.41, 5.74) is 5.65. The van der Waals surface area contributed by atoms with E-state index >= 15 is 0 Å². The van der Waals surface area contributed by atoms with Crippen molar-refractivity contribution in [2.75, 3.05) is 16.3 Å². The average molecular weight is 308 g/mol. The smallest absolute Gasteiger partial charge is 0.0993 e. The highest BCUT2D eigenvalue weighted by molar-refractivity contribution is 5.66. The molecule has 1 atom stereocenters. The van der Waals surface area contributed by atoms with Crippen LogP contribution in [0, 0.1) is 6.92 Å². The minimum atomic E-state index is 0.102. The van der Waals surface area contributed by atoms with Crippen LogP contribution in [0.1, 0.15) is 38.8 Å². The minimum absolute atomic E-state index is 0.102. The number of aryl methyl sites for hydroxylation is 2. The maximum atomic E-state index is 2.62. The predicted molar refractivity (Wildman–Crippen MR) is 100 cm³/mol. The Kier molecular flexibility index (Phi) is 4.09. The van der Waals surface area contributed by atoms with E-state index in [4.69, 9.17) is 0 Å². The van der Waals surface area contributed by atoms with Crippen molar-refractivity contribution in [1.29, 1.82) is 0 Å². The number of hydrogen-bond donors (Lipinski definition) is 0. The number of rotatable bonds is 3. The van der Waals surface area contributed by atoms with Gasteiger partial charge in [0.05, 0.1) is 11.7 Å². The van der Waals surface area contributed by atoms with Crippen LogP contribution in [0.15, 0.2) is 48.5 Å². The summed E-state index contributed by atoms with van der Waals surface area (Å²) < 4.78 is 0. The zero-order valence-corrected chi connectivity index (χ0v) is 15.0. The lowest BCUT2D eigenvalue weighted by Gasteiger charge is -2.38. The van der Waals surface area contributed by atoms with E-state index in [0.29, 0.717) is 6.17 Å². The lowest BCUT2D eigenvalue weighted by atomic mass is 9.98. The number of benzene rings is 2. The second-order valence-corrected chi connectivity index (χ2v) is 7.21. The normalized spacial score (nSPS) is 20.1. The summed E-state index contributed by atoms with van der Waals surface area (Å²) in [5, 5.41) is 0. The van der Waals surface area contributed by atoms with Crippen molar-refractivity contribution >= 4 is 11.4 Å². The largest absolute Gasteiger partial charge is 0.349 e. The highest BCUT2D eigenvalue weighted by Gasteiger charge is 2.43. The zero-order chi connectivity index (χ0) is 16.6. The molecular weight excluding hydrogens is 280 g/mol. The van der Waals surface area contributed by atoms with Gasteiger partial charge in [0.2, 0.25) is 0 Å². The van der Waals surface area contributed by atoms with E-state index in [1.807, 2.05) is 0 Å². The lowest BCUT2D eigenvalue weighted by Crippen LogP contribution is -2.45. The van der Waals surface area contributed by atoms with Gasteiger partial charge in [-0.25, -0.2) is 0 Å². The summed E-state index contributed by atoms with van der Waals surface area (Å²) in [5.74, 6) is 0. The molecule has 2 aromatic carbocycles. The van der Waals surface area contributed by atoms with Crippen molar-refractivity contribution < 1.29 is 0 Å². The summed E-state index contributed by atoms with van der Waals surface area (Å²) in [6, 6.07) is 17.5. The topological polar surface area (TPSA) is 6.48 Å². The first-order valence-corrected chi connectivity index (χ1v) is 8.65. The fourth-order valence-electron chi connectivity index (χ4n) is 4.04. The minimum Gasteiger partial charge on any atom is -0.349 e. The summed E-state index contributed by atoms with van der Waals surface area (Å²) in [6.45, 7) is 12.6. The van der Waals surface area contributed by atoms with Crippen LogP contribution in [0.2, 0.25) is 0 Å². The molecule has 2 heteroatoms. The van der Waals surface area contributed by atoms with Crippen LogP contribution in [0.25, 0.3) is 0 Å². The number of nitrogens with zero attached hydrogens (tertiary/aromatic N) is 2. The zero-order valence-electron chi connectivity index (χ0n) is 15.0. The third-order valence-corrected chi connectivity index (χ3v) is 5.07. The van der Waals surface area contributed by atoms with Crippen LogP contribution in [-0.4, -0.2) is 18.2 Å². The second kappa shape index (κ2) is 5.92. The molecule has 1 saturated heterocycles. The summed E-state index contributed by atoms with van der Waals surface area (Å²) in [6.07, 6.45) is 1.42. The van der Waals surface area contributed by atoms with E-state index in [2.05, 4.69) is 92.9 Å². The van der Waals surface area contributed by atoms with Gasteiger partial charge in [-0.3, -0.25) is 0 Å². The van der Waals surface area contributed by atoms with Crippen molar-refractivity contribution in [2.24, 2.45) is 0 Å². The molecule has 3 rings (SSSR count). The predicted octanol–water partition coefficient (Wildman–Crippen LogP) is 5.01. The summed E-state index contributed by atoms with van der Waals surface area (Å²) in [4.78, 5) is 5.14.